The molecule has 1 N–H and O–H groups in total. The molecule has 22 heavy (non-hydrogen) atoms. The van der Waals surface area contributed by atoms with Crippen LogP contribution in [0, 0.1) is 5.92 Å². The molecule has 0 unspecified atom stereocenters. The van der Waals surface area contributed by atoms with E-state index in [9.17, 15) is 4.79 Å². The van der Waals surface area contributed by atoms with Gasteiger partial charge < -0.3 is 10.1 Å². The second kappa shape index (κ2) is 8.33. The molecule has 1 aliphatic heterocycles. The van der Waals surface area contributed by atoms with Crippen LogP contribution >= 0.6 is 0 Å². The molecule has 0 radical (unpaired) electrons. The fourth-order valence-electron chi connectivity index (χ4n) is 3.36. The molecule has 1 fully saturated rings. The number of carbonyl (C=O) groups is 1. The van der Waals surface area contributed by atoms with E-state index in [0.29, 0.717) is 5.92 Å². The topological polar surface area (TPSA) is 38.3 Å². The maximum atomic E-state index is 11.4. The number of nitrogens with one attached hydrogen (secondary N) is 1. The zero-order valence-electron chi connectivity index (χ0n) is 14.0. The Morgan fingerprint density at radius 3 is 2.55 bits per heavy atom. The third-order valence-corrected chi connectivity index (χ3v) is 4.22. The number of amides is 1. The third kappa shape index (κ3) is 5.80. The first-order valence-corrected chi connectivity index (χ1v) is 8.49. The van der Waals surface area contributed by atoms with E-state index in [4.69, 9.17) is 4.74 Å². The number of benzene rings is 1. The van der Waals surface area contributed by atoms with E-state index in [2.05, 4.69) is 43.4 Å². The molecule has 1 heterocycles. The molecule has 3 heteroatoms. The zero-order chi connectivity index (χ0) is 15.9. The first kappa shape index (κ1) is 17.0. The minimum atomic E-state index is 0.0667. The number of aryl methyl sites for hydroxylation is 1. The zero-order valence-corrected chi connectivity index (χ0v) is 14.0. The molecule has 1 aromatic carbocycles. The summed E-state index contributed by atoms with van der Waals surface area (Å²) < 4.78 is 6.28. The van der Waals surface area contributed by atoms with Crippen LogP contribution in [-0.2, 0) is 16.0 Å². The first-order valence-electron chi connectivity index (χ1n) is 8.49. The van der Waals surface area contributed by atoms with Crippen LogP contribution in [0.5, 0.6) is 0 Å². The monoisotopic (exact) mass is 303 g/mol. The van der Waals surface area contributed by atoms with Crippen molar-refractivity contribution in [2.45, 2.75) is 71.1 Å². The van der Waals surface area contributed by atoms with Gasteiger partial charge in [0.15, 0.2) is 0 Å². The maximum Gasteiger partial charge on any atom is 0.217 e. The molecule has 0 bridgehead atoms. The quantitative estimate of drug-likeness (QED) is 0.870. The van der Waals surface area contributed by atoms with Crippen molar-refractivity contribution in [3.63, 3.8) is 0 Å². The first-order chi connectivity index (χ1) is 10.5. The van der Waals surface area contributed by atoms with E-state index in [1.54, 1.807) is 6.92 Å². The lowest BCUT2D eigenvalue weighted by molar-refractivity contribution is -0.122. The highest BCUT2D eigenvalue weighted by Crippen LogP contribution is 2.27. The van der Waals surface area contributed by atoms with Crippen LogP contribution in [0.25, 0.3) is 0 Å². The highest BCUT2D eigenvalue weighted by molar-refractivity contribution is 5.73. The minimum absolute atomic E-state index is 0.0667. The van der Waals surface area contributed by atoms with E-state index in [1.165, 1.54) is 5.56 Å². The molecule has 0 aromatic heterocycles. The lowest BCUT2D eigenvalue weighted by atomic mass is 9.91. The highest BCUT2D eigenvalue weighted by atomic mass is 16.5. The van der Waals surface area contributed by atoms with Crippen molar-refractivity contribution in [3.05, 3.63) is 35.9 Å². The van der Waals surface area contributed by atoms with Crippen molar-refractivity contribution in [2.75, 3.05) is 0 Å². The normalized spacial score (nSPS) is 25.2. The van der Waals surface area contributed by atoms with Gasteiger partial charge in [-0.15, -0.1) is 0 Å². The molecule has 1 aliphatic rings. The predicted molar refractivity (Wildman–Crippen MR) is 89.7 cm³/mol. The molecule has 2 rings (SSSR count). The Morgan fingerprint density at radius 1 is 1.23 bits per heavy atom. The molecule has 3 atom stereocenters. The largest absolute Gasteiger partial charge is 0.375 e. The van der Waals surface area contributed by atoms with Crippen molar-refractivity contribution in [3.8, 4) is 0 Å². The highest BCUT2D eigenvalue weighted by Gasteiger charge is 2.30. The summed E-state index contributed by atoms with van der Waals surface area (Å²) in [6, 6.07) is 10.8. The minimum Gasteiger partial charge on any atom is -0.375 e. The fourth-order valence-corrected chi connectivity index (χ4v) is 3.36. The SMILES string of the molecule is CC(=O)N[C@H]1C[C@@H](CC(C)C)O[C@@H](CCc2ccccc2)C1. The van der Waals surface area contributed by atoms with E-state index < -0.39 is 0 Å². The molecule has 3 nitrogen and oxygen atoms in total. The van der Waals surface area contributed by atoms with Crippen LogP contribution < -0.4 is 5.32 Å². The van der Waals surface area contributed by atoms with Gasteiger partial charge in [0.1, 0.15) is 0 Å². The second-order valence-electron chi connectivity index (χ2n) is 6.90. The summed E-state index contributed by atoms with van der Waals surface area (Å²) in [5.74, 6) is 0.688. The average molecular weight is 303 g/mol. The number of rotatable bonds is 6. The number of ether oxygens (including phenoxy) is 1. The third-order valence-electron chi connectivity index (χ3n) is 4.22. The molecule has 1 saturated heterocycles. The van der Waals surface area contributed by atoms with Gasteiger partial charge in [0.05, 0.1) is 12.2 Å². The van der Waals surface area contributed by atoms with Gasteiger partial charge in [0.25, 0.3) is 0 Å². The summed E-state index contributed by atoms with van der Waals surface area (Å²) in [4.78, 5) is 11.4. The summed E-state index contributed by atoms with van der Waals surface area (Å²) in [5, 5.41) is 3.09. The molecular formula is C19H29NO2. The van der Waals surface area contributed by atoms with Crippen molar-refractivity contribution in [1.82, 2.24) is 5.32 Å². The van der Waals surface area contributed by atoms with Gasteiger partial charge in [0, 0.05) is 13.0 Å². The molecule has 0 aliphatic carbocycles. The molecule has 0 spiro atoms. The Hall–Kier alpha value is -1.35. The number of carbonyl (C=O) groups excluding carboxylic acids is 1. The fraction of sp³-hybridized carbons (Fsp3) is 0.632. The Morgan fingerprint density at radius 2 is 1.91 bits per heavy atom. The Balaban J connectivity index is 1.91. The summed E-state index contributed by atoms with van der Waals surface area (Å²) in [6.07, 6.45) is 5.51. The summed E-state index contributed by atoms with van der Waals surface area (Å²) in [7, 11) is 0. The van der Waals surface area contributed by atoms with Gasteiger partial charge in [-0.05, 0) is 43.6 Å². The lowest BCUT2D eigenvalue weighted by Crippen LogP contribution is -2.45. The summed E-state index contributed by atoms with van der Waals surface area (Å²) >= 11 is 0. The molecular weight excluding hydrogens is 274 g/mol. The van der Waals surface area contributed by atoms with E-state index in [0.717, 1.165) is 32.1 Å². The van der Waals surface area contributed by atoms with Crippen molar-refractivity contribution < 1.29 is 9.53 Å². The van der Waals surface area contributed by atoms with Gasteiger partial charge in [-0.2, -0.15) is 0 Å². The summed E-state index contributed by atoms with van der Waals surface area (Å²) in [5.41, 5.74) is 1.35. The van der Waals surface area contributed by atoms with E-state index in [1.807, 2.05) is 6.07 Å². The van der Waals surface area contributed by atoms with Crippen LogP contribution in [0.4, 0.5) is 0 Å². The Bertz CT molecular complexity index is 458. The molecule has 1 aromatic rings. The smallest absolute Gasteiger partial charge is 0.217 e. The van der Waals surface area contributed by atoms with Crippen LogP contribution in [0.1, 0.15) is 52.0 Å². The van der Waals surface area contributed by atoms with Gasteiger partial charge >= 0.3 is 0 Å². The summed E-state index contributed by atoms with van der Waals surface area (Å²) in [6.45, 7) is 6.06. The van der Waals surface area contributed by atoms with Gasteiger partial charge in [0.2, 0.25) is 5.91 Å². The van der Waals surface area contributed by atoms with E-state index >= 15 is 0 Å². The van der Waals surface area contributed by atoms with Crippen LogP contribution in [0.2, 0.25) is 0 Å². The van der Waals surface area contributed by atoms with Crippen molar-refractivity contribution in [2.24, 2.45) is 5.92 Å². The van der Waals surface area contributed by atoms with Gasteiger partial charge in [-0.25, -0.2) is 0 Å². The van der Waals surface area contributed by atoms with Crippen molar-refractivity contribution >= 4 is 5.91 Å². The predicted octanol–water partition coefficient (Wildman–Crippen LogP) is 3.72. The Labute approximate surface area is 134 Å². The van der Waals surface area contributed by atoms with Gasteiger partial charge in [-0.1, -0.05) is 44.2 Å². The van der Waals surface area contributed by atoms with Gasteiger partial charge in [-0.3, -0.25) is 4.79 Å². The van der Waals surface area contributed by atoms with Crippen molar-refractivity contribution in [1.29, 1.82) is 0 Å². The second-order valence-corrected chi connectivity index (χ2v) is 6.90. The molecule has 1 amide bonds. The maximum absolute atomic E-state index is 11.4. The molecule has 0 saturated carbocycles. The van der Waals surface area contributed by atoms with Crippen LogP contribution in [0.15, 0.2) is 30.3 Å². The van der Waals surface area contributed by atoms with Crippen LogP contribution in [0.3, 0.4) is 0 Å². The van der Waals surface area contributed by atoms with E-state index in [-0.39, 0.29) is 24.2 Å². The lowest BCUT2D eigenvalue weighted by Gasteiger charge is -2.36. The average Bonchev–Trinajstić information content (AvgIpc) is 2.44. The number of hydrogen-bond donors (Lipinski definition) is 1. The van der Waals surface area contributed by atoms with Crippen LogP contribution in [-0.4, -0.2) is 24.2 Å². The number of hydrogen-bond acceptors (Lipinski definition) is 2. The standard InChI is InChI=1S/C19H29NO2/c1-14(2)11-19-13-17(20-15(3)21)12-18(22-19)10-9-16-7-5-4-6-8-16/h4-8,14,17-19H,9-13H2,1-3H3,(H,20,21)/t17-,18+,19-/m1/s1. The molecule has 122 valence electrons. The Kier molecular flexibility index (Phi) is 6.44.